The Hall–Kier alpha value is -3.49. The van der Waals surface area contributed by atoms with E-state index in [1.165, 1.54) is 16.2 Å². The Kier molecular flexibility index (Phi) is 5.71. The molecule has 1 aliphatic heterocycles. The Morgan fingerprint density at radius 2 is 1.76 bits per heavy atom. The summed E-state index contributed by atoms with van der Waals surface area (Å²) in [7, 11) is 1.55. The van der Waals surface area contributed by atoms with E-state index in [9.17, 15) is 14.7 Å². The molecule has 1 saturated heterocycles. The number of thiazole rings is 1. The molecule has 0 radical (unpaired) electrons. The van der Waals surface area contributed by atoms with E-state index in [0.717, 1.165) is 20.3 Å². The van der Waals surface area contributed by atoms with Gasteiger partial charge in [0.2, 0.25) is 0 Å². The van der Waals surface area contributed by atoms with E-state index in [4.69, 9.17) is 4.74 Å². The predicted molar refractivity (Wildman–Crippen MR) is 136 cm³/mol. The maximum atomic E-state index is 13.3. The Labute approximate surface area is 208 Å². The number of rotatable bonds is 4. The summed E-state index contributed by atoms with van der Waals surface area (Å²) in [5.74, 6) is -1.10. The molecule has 0 spiro atoms. The van der Waals surface area contributed by atoms with Crippen molar-refractivity contribution in [1.82, 2.24) is 4.98 Å². The van der Waals surface area contributed by atoms with Gasteiger partial charge in [0.25, 0.3) is 5.78 Å². The van der Waals surface area contributed by atoms with Crippen molar-refractivity contribution in [2.45, 2.75) is 13.0 Å². The van der Waals surface area contributed by atoms with Crippen LogP contribution in [0.3, 0.4) is 0 Å². The second kappa shape index (κ2) is 8.70. The third kappa shape index (κ3) is 3.78. The maximum Gasteiger partial charge on any atom is 0.301 e. The fourth-order valence-electron chi connectivity index (χ4n) is 4.02. The van der Waals surface area contributed by atoms with Gasteiger partial charge in [0.05, 0.1) is 28.9 Å². The number of nitrogens with zero attached hydrogens (tertiary/aromatic N) is 2. The van der Waals surface area contributed by atoms with Crippen LogP contribution in [0.4, 0.5) is 5.13 Å². The number of fused-ring (bicyclic) bond motifs is 1. The summed E-state index contributed by atoms with van der Waals surface area (Å²) < 4.78 is 6.97. The molecular formula is C26H19BrN2O4S. The van der Waals surface area contributed by atoms with Gasteiger partial charge in [0.15, 0.2) is 5.13 Å². The molecule has 1 amide bonds. The van der Waals surface area contributed by atoms with Crippen LogP contribution < -0.4 is 9.64 Å². The number of anilines is 1. The van der Waals surface area contributed by atoms with Gasteiger partial charge in [-0.1, -0.05) is 45.5 Å². The van der Waals surface area contributed by atoms with E-state index in [2.05, 4.69) is 20.9 Å². The van der Waals surface area contributed by atoms with Gasteiger partial charge in [-0.3, -0.25) is 14.5 Å². The first-order valence-corrected chi connectivity index (χ1v) is 12.1. The van der Waals surface area contributed by atoms with Gasteiger partial charge in [-0.15, -0.1) is 0 Å². The van der Waals surface area contributed by atoms with E-state index >= 15 is 0 Å². The number of aliphatic hydroxyl groups is 1. The minimum absolute atomic E-state index is 0.0212. The highest BCUT2D eigenvalue weighted by molar-refractivity contribution is 9.10. The Balaban J connectivity index is 1.71. The number of hydrogen-bond donors (Lipinski definition) is 1. The zero-order valence-electron chi connectivity index (χ0n) is 18.3. The number of hydrogen-bond acceptors (Lipinski definition) is 6. The van der Waals surface area contributed by atoms with Crippen LogP contribution in [0.1, 0.15) is 22.7 Å². The average molecular weight is 535 g/mol. The van der Waals surface area contributed by atoms with Crippen LogP contribution in [0, 0.1) is 6.92 Å². The fraction of sp³-hybridized carbons (Fsp3) is 0.115. The second-order valence-corrected chi connectivity index (χ2v) is 9.84. The molecule has 34 heavy (non-hydrogen) atoms. The molecule has 4 aromatic rings. The van der Waals surface area contributed by atoms with Crippen LogP contribution in [-0.4, -0.2) is 28.9 Å². The van der Waals surface area contributed by atoms with Gasteiger partial charge in [-0.2, -0.15) is 0 Å². The second-order valence-electron chi connectivity index (χ2n) is 7.92. The molecular weight excluding hydrogens is 516 g/mol. The van der Waals surface area contributed by atoms with Crippen molar-refractivity contribution in [3.8, 4) is 5.75 Å². The topological polar surface area (TPSA) is 79.7 Å². The average Bonchev–Trinajstić information content (AvgIpc) is 3.37. The smallest absolute Gasteiger partial charge is 0.301 e. The van der Waals surface area contributed by atoms with E-state index in [1.54, 1.807) is 31.4 Å². The van der Waals surface area contributed by atoms with E-state index in [0.29, 0.717) is 22.0 Å². The number of ether oxygens (including phenoxy) is 1. The number of carbonyl (C=O) groups excluding carboxylic acids is 2. The summed E-state index contributed by atoms with van der Waals surface area (Å²) in [6.45, 7) is 1.99. The van der Waals surface area contributed by atoms with Crippen LogP contribution in [0.15, 0.2) is 76.8 Å². The molecule has 2 heterocycles. The minimum Gasteiger partial charge on any atom is -0.507 e. The molecule has 1 fully saturated rings. The van der Waals surface area contributed by atoms with Crippen molar-refractivity contribution < 1.29 is 19.4 Å². The number of aliphatic hydroxyl groups excluding tert-OH is 1. The van der Waals surface area contributed by atoms with Gasteiger partial charge in [0.1, 0.15) is 11.5 Å². The highest BCUT2D eigenvalue weighted by Crippen LogP contribution is 2.44. The summed E-state index contributed by atoms with van der Waals surface area (Å²) in [6, 6.07) is 19.0. The zero-order valence-corrected chi connectivity index (χ0v) is 20.7. The van der Waals surface area contributed by atoms with Crippen LogP contribution in [0.5, 0.6) is 5.75 Å². The van der Waals surface area contributed by atoms with Gasteiger partial charge in [0, 0.05) is 10.0 Å². The normalized spacial score (nSPS) is 17.5. The Bertz CT molecular complexity index is 1460. The molecule has 1 atom stereocenters. The monoisotopic (exact) mass is 534 g/mol. The third-order valence-electron chi connectivity index (χ3n) is 5.73. The lowest BCUT2D eigenvalue weighted by Crippen LogP contribution is -2.29. The summed E-state index contributed by atoms with van der Waals surface area (Å²) in [6.07, 6.45) is 0. The molecule has 3 aromatic carbocycles. The van der Waals surface area contributed by atoms with Gasteiger partial charge in [-0.05, 0) is 66.6 Å². The lowest BCUT2D eigenvalue weighted by Gasteiger charge is -2.23. The molecule has 6 nitrogen and oxygen atoms in total. The summed E-state index contributed by atoms with van der Waals surface area (Å²) in [5.41, 5.74) is 2.95. The lowest BCUT2D eigenvalue weighted by molar-refractivity contribution is -0.132. The van der Waals surface area contributed by atoms with Crippen molar-refractivity contribution in [1.29, 1.82) is 0 Å². The van der Waals surface area contributed by atoms with Crippen molar-refractivity contribution in [3.05, 3.63) is 93.5 Å². The molecule has 1 unspecified atom stereocenters. The molecule has 8 heteroatoms. The molecule has 1 aromatic heterocycles. The van der Waals surface area contributed by atoms with Gasteiger partial charge < -0.3 is 9.84 Å². The summed E-state index contributed by atoms with van der Waals surface area (Å²) in [5, 5.41) is 11.6. The number of aryl methyl sites for hydroxylation is 1. The Morgan fingerprint density at radius 3 is 2.44 bits per heavy atom. The highest BCUT2D eigenvalue weighted by atomic mass is 79.9. The first-order chi connectivity index (χ1) is 16.4. The molecule has 0 bridgehead atoms. The Morgan fingerprint density at radius 1 is 1.06 bits per heavy atom. The largest absolute Gasteiger partial charge is 0.507 e. The van der Waals surface area contributed by atoms with E-state index in [1.807, 2.05) is 49.4 Å². The number of amides is 1. The number of carbonyl (C=O) groups is 2. The first kappa shape index (κ1) is 22.3. The minimum atomic E-state index is -0.822. The summed E-state index contributed by atoms with van der Waals surface area (Å²) in [4.78, 5) is 32.6. The molecule has 1 N–H and O–H groups in total. The number of ketones is 1. The molecule has 170 valence electrons. The molecule has 1 aliphatic rings. The third-order valence-corrected chi connectivity index (χ3v) is 7.28. The SMILES string of the molecule is COc1ccc(C(O)=C2C(=O)C(=O)N(c3nc4ccc(C)cc4s3)C2c2ccc(Br)cc2)cc1. The zero-order chi connectivity index (χ0) is 24.0. The van der Waals surface area contributed by atoms with Gasteiger partial charge >= 0.3 is 5.91 Å². The van der Waals surface area contributed by atoms with Gasteiger partial charge in [-0.25, -0.2) is 4.98 Å². The molecule has 5 rings (SSSR count). The number of aromatic nitrogens is 1. The maximum absolute atomic E-state index is 13.3. The van der Waals surface area contributed by atoms with Crippen LogP contribution in [-0.2, 0) is 9.59 Å². The predicted octanol–water partition coefficient (Wildman–Crippen LogP) is 6.00. The number of benzene rings is 3. The summed E-state index contributed by atoms with van der Waals surface area (Å²) >= 11 is 4.77. The van der Waals surface area contributed by atoms with Crippen molar-refractivity contribution >= 4 is 60.1 Å². The van der Waals surface area contributed by atoms with E-state index < -0.39 is 17.7 Å². The van der Waals surface area contributed by atoms with Crippen molar-refractivity contribution in [2.75, 3.05) is 12.0 Å². The molecule has 0 saturated carbocycles. The number of Topliss-reactive ketones (excluding diaryl/α,β-unsaturated/α-hetero) is 1. The number of halogens is 1. The lowest BCUT2D eigenvalue weighted by atomic mass is 9.95. The quantitative estimate of drug-likeness (QED) is 0.197. The number of methoxy groups -OCH3 is 1. The molecule has 0 aliphatic carbocycles. The van der Waals surface area contributed by atoms with Crippen LogP contribution in [0.25, 0.3) is 16.0 Å². The van der Waals surface area contributed by atoms with Crippen LogP contribution in [0.2, 0.25) is 0 Å². The van der Waals surface area contributed by atoms with Crippen LogP contribution >= 0.6 is 27.3 Å². The first-order valence-electron chi connectivity index (χ1n) is 10.5. The van der Waals surface area contributed by atoms with E-state index in [-0.39, 0.29) is 11.3 Å². The standard InChI is InChI=1S/C26H19BrN2O4S/c1-14-3-12-19-20(13-14)34-26(28-19)29-22(15-4-8-17(27)9-5-15)21(24(31)25(29)32)23(30)16-6-10-18(33-2)11-7-16/h3-13,22,30H,1-2H3. The fourth-order valence-corrected chi connectivity index (χ4v) is 5.37. The highest BCUT2D eigenvalue weighted by Gasteiger charge is 2.48. The van der Waals surface area contributed by atoms with Crippen molar-refractivity contribution in [3.63, 3.8) is 0 Å². The van der Waals surface area contributed by atoms with Crippen molar-refractivity contribution in [2.24, 2.45) is 0 Å².